The van der Waals surface area contributed by atoms with Gasteiger partial charge in [-0.25, -0.2) is 0 Å². The molecule has 0 radical (unpaired) electrons. The molecule has 0 saturated heterocycles. The van der Waals surface area contributed by atoms with Crippen LogP contribution in [0.3, 0.4) is 0 Å². The summed E-state index contributed by atoms with van der Waals surface area (Å²) >= 11 is 0. The minimum absolute atomic E-state index is 0. The van der Waals surface area contributed by atoms with Gasteiger partial charge in [-0.05, 0) is 35.3 Å². The lowest BCUT2D eigenvalue weighted by Gasteiger charge is -2.30. The Kier molecular flexibility index (Phi) is 7.84. The highest BCUT2D eigenvalue weighted by atomic mass is 127. The zero-order chi connectivity index (χ0) is 18.4. The Hall–Kier alpha value is -2.35. The number of nitrogens with two attached hydrogens (primary N) is 1. The minimum atomic E-state index is -0.411. The number of carbonyl (C=O) groups is 1. The SMILES string of the molecule is CN=C(NCc1cccc(C(N)=O)c1)N1CC=C(c2ccccc2)CC1.I. The lowest BCUT2D eigenvalue weighted by Crippen LogP contribution is -2.43. The highest BCUT2D eigenvalue weighted by Crippen LogP contribution is 2.22. The van der Waals surface area contributed by atoms with Gasteiger partial charge in [0.05, 0.1) is 0 Å². The van der Waals surface area contributed by atoms with E-state index in [0.29, 0.717) is 12.1 Å². The van der Waals surface area contributed by atoms with E-state index in [0.717, 1.165) is 31.0 Å². The van der Waals surface area contributed by atoms with Crippen LogP contribution >= 0.6 is 24.0 Å². The van der Waals surface area contributed by atoms with Crippen molar-refractivity contribution in [3.8, 4) is 0 Å². The van der Waals surface area contributed by atoms with Crippen molar-refractivity contribution in [2.75, 3.05) is 20.1 Å². The summed E-state index contributed by atoms with van der Waals surface area (Å²) in [4.78, 5) is 17.9. The Morgan fingerprint density at radius 3 is 2.59 bits per heavy atom. The predicted octanol–water partition coefficient (Wildman–Crippen LogP) is 3.27. The maximum Gasteiger partial charge on any atom is 0.248 e. The van der Waals surface area contributed by atoms with Gasteiger partial charge in [-0.3, -0.25) is 9.79 Å². The Morgan fingerprint density at radius 2 is 1.96 bits per heavy atom. The smallest absolute Gasteiger partial charge is 0.248 e. The first kappa shape index (κ1) is 21.0. The third-order valence-corrected chi connectivity index (χ3v) is 4.53. The van der Waals surface area contributed by atoms with Crippen molar-refractivity contribution in [3.63, 3.8) is 0 Å². The van der Waals surface area contributed by atoms with Gasteiger partial charge in [0.1, 0.15) is 0 Å². The molecule has 1 amide bonds. The van der Waals surface area contributed by atoms with Crippen molar-refractivity contribution < 1.29 is 4.79 Å². The number of benzene rings is 2. The molecule has 3 N–H and O–H groups in total. The van der Waals surface area contributed by atoms with Crippen LogP contribution in [-0.4, -0.2) is 36.9 Å². The van der Waals surface area contributed by atoms with Gasteiger partial charge in [-0.2, -0.15) is 0 Å². The maximum atomic E-state index is 11.3. The Balaban J connectivity index is 0.00000261. The monoisotopic (exact) mass is 476 g/mol. The summed E-state index contributed by atoms with van der Waals surface area (Å²) in [5, 5.41) is 3.37. The van der Waals surface area contributed by atoms with Gasteiger partial charge in [0.15, 0.2) is 5.96 Å². The van der Waals surface area contributed by atoms with Crippen LogP contribution in [0.4, 0.5) is 0 Å². The molecule has 0 saturated carbocycles. The third-order valence-electron chi connectivity index (χ3n) is 4.53. The van der Waals surface area contributed by atoms with Crippen molar-refractivity contribution in [2.45, 2.75) is 13.0 Å². The lowest BCUT2D eigenvalue weighted by atomic mass is 10.00. The largest absolute Gasteiger partial charge is 0.366 e. The van der Waals surface area contributed by atoms with Gasteiger partial charge >= 0.3 is 0 Å². The topological polar surface area (TPSA) is 70.7 Å². The standard InChI is InChI=1S/C21H24N4O.HI/c1-23-21(24-15-16-6-5-9-19(14-16)20(22)26)25-12-10-18(11-13-25)17-7-3-2-4-8-17;/h2-10,14H,11-13,15H2,1H3,(H2,22,26)(H,23,24);1H. The fourth-order valence-corrected chi connectivity index (χ4v) is 3.12. The van der Waals surface area contributed by atoms with Crippen LogP contribution < -0.4 is 11.1 Å². The van der Waals surface area contributed by atoms with E-state index in [1.54, 1.807) is 13.1 Å². The van der Waals surface area contributed by atoms with Crippen LogP contribution in [0.1, 0.15) is 27.9 Å². The Bertz CT molecular complexity index is 833. The number of halogens is 1. The fourth-order valence-electron chi connectivity index (χ4n) is 3.12. The van der Waals surface area contributed by atoms with Gasteiger partial charge in [-0.15, -0.1) is 24.0 Å². The first-order valence-electron chi connectivity index (χ1n) is 8.76. The van der Waals surface area contributed by atoms with Gasteiger partial charge < -0.3 is 16.0 Å². The van der Waals surface area contributed by atoms with E-state index in [1.807, 2.05) is 24.3 Å². The van der Waals surface area contributed by atoms with E-state index < -0.39 is 5.91 Å². The molecule has 3 rings (SSSR count). The average molecular weight is 476 g/mol. The van der Waals surface area contributed by atoms with Gasteiger partial charge in [0.2, 0.25) is 5.91 Å². The first-order valence-corrected chi connectivity index (χ1v) is 8.76. The number of guanidine groups is 1. The molecule has 142 valence electrons. The zero-order valence-electron chi connectivity index (χ0n) is 15.4. The predicted molar refractivity (Wildman–Crippen MR) is 121 cm³/mol. The van der Waals surface area contributed by atoms with Crippen molar-refractivity contribution >= 4 is 41.4 Å². The van der Waals surface area contributed by atoms with E-state index in [9.17, 15) is 4.79 Å². The van der Waals surface area contributed by atoms with Gasteiger partial charge in [0, 0.05) is 32.2 Å². The molecule has 6 heteroatoms. The number of rotatable bonds is 4. The number of primary amides is 1. The second kappa shape index (κ2) is 10.1. The van der Waals surface area contributed by atoms with Crippen LogP contribution in [0.25, 0.3) is 5.57 Å². The molecule has 0 fully saturated rings. The van der Waals surface area contributed by atoms with E-state index in [2.05, 4.69) is 45.6 Å². The van der Waals surface area contributed by atoms with Crippen molar-refractivity contribution in [1.82, 2.24) is 10.2 Å². The van der Waals surface area contributed by atoms with E-state index in [-0.39, 0.29) is 24.0 Å². The normalized spacial score (nSPS) is 14.2. The van der Waals surface area contributed by atoms with Crippen LogP contribution in [0.15, 0.2) is 65.7 Å². The molecule has 1 aliphatic rings. The Labute approximate surface area is 177 Å². The molecule has 27 heavy (non-hydrogen) atoms. The highest BCUT2D eigenvalue weighted by Gasteiger charge is 2.16. The summed E-state index contributed by atoms with van der Waals surface area (Å²) in [6.45, 7) is 2.34. The summed E-state index contributed by atoms with van der Waals surface area (Å²) < 4.78 is 0. The molecular weight excluding hydrogens is 451 g/mol. The van der Waals surface area contributed by atoms with Crippen molar-refractivity contribution in [2.24, 2.45) is 10.7 Å². The van der Waals surface area contributed by atoms with Gasteiger partial charge in [-0.1, -0.05) is 48.5 Å². The van der Waals surface area contributed by atoms with Crippen LogP contribution in [0, 0.1) is 0 Å². The zero-order valence-corrected chi connectivity index (χ0v) is 17.7. The fraction of sp³-hybridized carbons (Fsp3) is 0.238. The molecule has 5 nitrogen and oxygen atoms in total. The summed E-state index contributed by atoms with van der Waals surface area (Å²) in [7, 11) is 1.79. The lowest BCUT2D eigenvalue weighted by molar-refractivity contribution is 0.1000. The molecule has 0 aromatic heterocycles. The summed E-state index contributed by atoms with van der Waals surface area (Å²) in [6.07, 6.45) is 3.25. The first-order chi connectivity index (χ1) is 12.7. The average Bonchev–Trinajstić information content (AvgIpc) is 2.70. The highest BCUT2D eigenvalue weighted by molar-refractivity contribution is 14.0. The summed E-state index contributed by atoms with van der Waals surface area (Å²) in [5.74, 6) is 0.448. The van der Waals surface area contributed by atoms with E-state index in [4.69, 9.17) is 5.73 Å². The number of hydrogen-bond donors (Lipinski definition) is 2. The van der Waals surface area contributed by atoms with E-state index in [1.165, 1.54) is 11.1 Å². The molecule has 0 unspecified atom stereocenters. The number of nitrogens with zero attached hydrogens (tertiary/aromatic N) is 2. The van der Waals surface area contributed by atoms with Crippen LogP contribution in [0.5, 0.6) is 0 Å². The van der Waals surface area contributed by atoms with Crippen LogP contribution in [-0.2, 0) is 6.54 Å². The number of carbonyl (C=O) groups excluding carboxylic acids is 1. The molecule has 2 aromatic rings. The molecule has 0 aliphatic carbocycles. The van der Waals surface area contributed by atoms with E-state index >= 15 is 0 Å². The number of nitrogens with one attached hydrogen (secondary N) is 1. The second-order valence-electron chi connectivity index (χ2n) is 6.26. The van der Waals surface area contributed by atoms with Crippen LogP contribution in [0.2, 0.25) is 0 Å². The van der Waals surface area contributed by atoms with Gasteiger partial charge in [0.25, 0.3) is 0 Å². The second-order valence-corrected chi connectivity index (χ2v) is 6.26. The number of aliphatic imine (C=N–C) groups is 1. The molecular formula is C21H25IN4O. The minimum Gasteiger partial charge on any atom is -0.366 e. The maximum absolute atomic E-state index is 11.3. The molecule has 0 atom stereocenters. The van der Waals surface area contributed by atoms with Crippen molar-refractivity contribution in [3.05, 3.63) is 77.4 Å². The number of hydrogen-bond acceptors (Lipinski definition) is 2. The molecule has 1 aliphatic heterocycles. The molecule has 0 bridgehead atoms. The van der Waals surface area contributed by atoms with Crippen molar-refractivity contribution in [1.29, 1.82) is 0 Å². The quantitative estimate of drug-likeness (QED) is 0.405. The Morgan fingerprint density at radius 1 is 1.19 bits per heavy atom. The molecule has 0 spiro atoms. The molecule has 1 heterocycles. The molecule has 2 aromatic carbocycles. The third kappa shape index (κ3) is 5.56. The summed E-state index contributed by atoms with van der Waals surface area (Å²) in [6, 6.07) is 17.8. The summed E-state index contributed by atoms with van der Waals surface area (Å²) in [5.41, 5.74) is 9.54. The number of amides is 1.